The summed E-state index contributed by atoms with van der Waals surface area (Å²) in [6.07, 6.45) is 4.77. The zero-order chi connectivity index (χ0) is 17.1. The summed E-state index contributed by atoms with van der Waals surface area (Å²) in [5.74, 6) is 0. The van der Waals surface area contributed by atoms with Crippen molar-refractivity contribution in [2.75, 3.05) is 11.1 Å². The van der Waals surface area contributed by atoms with Crippen LogP contribution in [0.4, 0.5) is 22.7 Å². The van der Waals surface area contributed by atoms with Gasteiger partial charge in [0.05, 0.1) is 11.4 Å². The van der Waals surface area contributed by atoms with E-state index in [0.717, 1.165) is 51.7 Å². The number of anilines is 3. The van der Waals surface area contributed by atoms with E-state index in [1.807, 2.05) is 68.5 Å². The average Bonchev–Trinajstić information content (AvgIpc) is 2.56. The van der Waals surface area contributed by atoms with Crippen LogP contribution >= 0.6 is 0 Å². The molecule has 2 aromatic rings. The minimum atomic E-state index is 0.734. The van der Waals surface area contributed by atoms with Gasteiger partial charge in [0.1, 0.15) is 0 Å². The van der Waals surface area contributed by atoms with Crippen molar-refractivity contribution >= 4 is 28.5 Å². The fourth-order valence-electron chi connectivity index (χ4n) is 2.58. The lowest BCUT2D eigenvalue weighted by atomic mass is 10.0. The summed E-state index contributed by atoms with van der Waals surface area (Å²) in [6, 6.07) is 14.0. The lowest BCUT2D eigenvalue weighted by Crippen LogP contribution is -2.07. The van der Waals surface area contributed by atoms with E-state index < -0.39 is 0 Å². The molecule has 24 heavy (non-hydrogen) atoms. The summed E-state index contributed by atoms with van der Waals surface area (Å²) in [4.78, 5) is 4.82. The maximum atomic E-state index is 6.09. The van der Waals surface area contributed by atoms with Crippen LogP contribution in [0.5, 0.6) is 0 Å². The van der Waals surface area contributed by atoms with Crippen LogP contribution in [0.1, 0.15) is 18.9 Å². The van der Waals surface area contributed by atoms with Gasteiger partial charge in [-0.05, 0) is 55.3 Å². The summed E-state index contributed by atoms with van der Waals surface area (Å²) in [6.45, 7) is 3.99. The Morgan fingerprint density at radius 3 is 2.50 bits per heavy atom. The van der Waals surface area contributed by atoms with Gasteiger partial charge in [-0.3, -0.25) is 4.99 Å². The zero-order valence-corrected chi connectivity index (χ0v) is 14.0. The van der Waals surface area contributed by atoms with Gasteiger partial charge in [0.2, 0.25) is 0 Å². The Morgan fingerprint density at radius 2 is 1.79 bits per heavy atom. The van der Waals surface area contributed by atoms with Crippen LogP contribution in [0.15, 0.2) is 70.9 Å². The first-order valence-electron chi connectivity index (χ1n) is 7.97. The summed E-state index contributed by atoms with van der Waals surface area (Å²) >= 11 is 0. The molecule has 0 atom stereocenters. The highest BCUT2D eigenvalue weighted by molar-refractivity contribution is 6.01. The maximum absolute atomic E-state index is 6.09. The number of hydrogen-bond acceptors (Lipinski definition) is 4. The molecular formula is C20H22N4. The number of nitrogens with one attached hydrogen (secondary N) is 1. The monoisotopic (exact) mass is 318 g/mol. The number of nitrogens with two attached hydrogens (primary N) is 2. The van der Waals surface area contributed by atoms with Gasteiger partial charge >= 0.3 is 0 Å². The number of aliphatic imine (C=N–C) groups is 1. The van der Waals surface area contributed by atoms with Gasteiger partial charge in [0.25, 0.3) is 0 Å². The average molecular weight is 318 g/mol. The summed E-state index contributed by atoms with van der Waals surface area (Å²) in [7, 11) is 0. The number of nitrogen functional groups attached to an aromatic ring is 1. The number of aryl methyl sites for hydroxylation is 1. The molecule has 122 valence electrons. The van der Waals surface area contributed by atoms with Crippen molar-refractivity contribution in [3.05, 3.63) is 71.5 Å². The number of benzene rings is 2. The third-order valence-corrected chi connectivity index (χ3v) is 4.07. The first-order valence-corrected chi connectivity index (χ1v) is 7.97. The zero-order valence-electron chi connectivity index (χ0n) is 14.0. The molecular weight excluding hydrogens is 296 g/mol. The molecule has 0 heterocycles. The van der Waals surface area contributed by atoms with E-state index in [9.17, 15) is 0 Å². The minimum Gasteiger partial charge on any atom is -0.399 e. The highest BCUT2D eigenvalue weighted by Gasteiger charge is 2.09. The second-order valence-electron chi connectivity index (χ2n) is 6.01. The van der Waals surface area contributed by atoms with E-state index >= 15 is 0 Å². The third-order valence-electron chi connectivity index (χ3n) is 4.07. The predicted molar refractivity (Wildman–Crippen MR) is 103 cm³/mol. The van der Waals surface area contributed by atoms with E-state index in [4.69, 9.17) is 16.5 Å². The number of nitrogens with zero attached hydrogens (tertiary/aromatic N) is 1. The normalized spacial score (nSPS) is 15.8. The van der Waals surface area contributed by atoms with Crippen molar-refractivity contribution in [1.82, 2.24) is 0 Å². The molecule has 4 nitrogen and oxygen atoms in total. The van der Waals surface area contributed by atoms with Crippen molar-refractivity contribution < 1.29 is 0 Å². The van der Waals surface area contributed by atoms with Crippen LogP contribution in [0.3, 0.4) is 0 Å². The molecule has 0 aromatic heterocycles. The Hall–Kier alpha value is -3.01. The van der Waals surface area contributed by atoms with E-state index in [2.05, 4.69) is 5.32 Å². The first kappa shape index (κ1) is 15.9. The molecule has 0 unspecified atom stereocenters. The minimum absolute atomic E-state index is 0.734. The Morgan fingerprint density at radius 1 is 1.04 bits per heavy atom. The molecule has 0 bridgehead atoms. The Kier molecular flexibility index (Phi) is 4.38. The molecule has 0 saturated heterocycles. The predicted octanol–water partition coefficient (Wildman–Crippen LogP) is 4.59. The standard InChI is InChI=1S/C20H22N4/c1-13-10-16(8-9-17(13)21)24-19-11-14(2)18(22)12-20(19)23-15-6-4-3-5-7-15/h3-7,9-12,23H,8,21-22H2,1-2H3. The number of para-hydroxylation sites is 1. The number of hydrogen-bond donors (Lipinski definition) is 3. The van der Waals surface area contributed by atoms with Gasteiger partial charge in [-0.25, -0.2) is 0 Å². The SMILES string of the molecule is CC1=CC(=Nc2cc(C)c(N)cc2Nc2ccccc2)CC=C1N. The van der Waals surface area contributed by atoms with Crippen molar-refractivity contribution in [1.29, 1.82) is 0 Å². The van der Waals surface area contributed by atoms with Gasteiger partial charge in [0.15, 0.2) is 0 Å². The number of rotatable bonds is 3. The smallest absolute Gasteiger partial charge is 0.0872 e. The Bertz CT molecular complexity index is 845. The molecule has 1 aliphatic carbocycles. The van der Waals surface area contributed by atoms with Crippen molar-refractivity contribution in [2.45, 2.75) is 20.3 Å². The van der Waals surface area contributed by atoms with Crippen molar-refractivity contribution in [2.24, 2.45) is 10.7 Å². The maximum Gasteiger partial charge on any atom is 0.0872 e. The topological polar surface area (TPSA) is 76.4 Å². The lowest BCUT2D eigenvalue weighted by molar-refractivity contribution is 1.21. The second-order valence-corrected chi connectivity index (χ2v) is 6.01. The van der Waals surface area contributed by atoms with Gasteiger partial charge in [-0.1, -0.05) is 24.3 Å². The summed E-state index contributed by atoms with van der Waals surface area (Å²) < 4.78 is 0. The molecule has 1 aliphatic rings. The molecule has 3 rings (SSSR count). The largest absolute Gasteiger partial charge is 0.399 e. The van der Waals surface area contributed by atoms with Gasteiger partial charge in [0, 0.05) is 29.2 Å². The number of allylic oxidation sites excluding steroid dienone is 3. The molecule has 0 spiro atoms. The molecule has 0 aliphatic heterocycles. The highest BCUT2D eigenvalue weighted by atomic mass is 14.9. The lowest BCUT2D eigenvalue weighted by Gasteiger charge is -2.14. The van der Waals surface area contributed by atoms with Crippen LogP contribution in [-0.2, 0) is 0 Å². The van der Waals surface area contributed by atoms with Gasteiger partial charge < -0.3 is 16.8 Å². The molecule has 5 N–H and O–H groups in total. The summed E-state index contributed by atoms with van der Waals surface area (Å²) in [5, 5.41) is 3.40. The third kappa shape index (κ3) is 3.49. The summed E-state index contributed by atoms with van der Waals surface area (Å²) in [5.41, 5.74) is 19.4. The van der Waals surface area contributed by atoms with E-state index in [1.54, 1.807) is 0 Å². The van der Waals surface area contributed by atoms with Crippen LogP contribution in [0.25, 0.3) is 0 Å². The van der Waals surface area contributed by atoms with Crippen LogP contribution < -0.4 is 16.8 Å². The van der Waals surface area contributed by atoms with Gasteiger partial charge in [-0.2, -0.15) is 0 Å². The van der Waals surface area contributed by atoms with Crippen LogP contribution in [0.2, 0.25) is 0 Å². The fraction of sp³-hybridized carbons (Fsp3) is 0.150. The van der Waals surface area contributed by atoms with E-state index in [-0.39, 0.29) is 0 Å². The van der Waals surface area contributed by atoms with Crippen LogP contribution in [0, 0.1) is 6.92 Å². The first-order chi connectivity index (χ1) is 11.5. The highest BCUT2D eigenvalue weighted by Crippen LogP contribution is 2.33. The second kappa shape index (κ2) is 6.62. The van der Waals surface area contributed by atoms with Gasteiger partial charge in [-0.15, -0.1) is 0 Å². The van der Waals surface area contributed by atoms with Crippen molar-refractivity contribution in [3.63, 3.8) is 0 Å². The molecule has 0 fully saturated rings. The van der Waals surface area contributed by atoms with E-state index in [1.165, 1.54) is 0 Å². The molecule has 0 amide bonds. The fourth-order valence-corrected chi connectivity index (χ4v) is 2.58. The Labute approximate surface area is 142 Å². The molecule has 0 radical (unpaired) electrons. The van der Waals surface area contributed by atoms with Crippen molar-refractivity contribution in [3.8, 4) is 0 Å². The molecule has 4 heteroatoms. The Balaban J connectivity index is 1.99. The molecule has 0 saturated carbocycles. The quantitative estimate of drug-likeness (QED) is 0.725. The molecule has 2 aromatic carbocycles. The van der Waals surface area contributed by atoms with E-state index in [0.29, 0.717) is 0 Å². The van der Waals surface area contributed by atoms with Crippen LogP contribution in [-0.4, -0.2) is 5.71 Å².